The zero-order valence-corrected chi connectivity index (χ0v) is 25.6. The third-order valence-electron chi connectivity index (χ3n) is 9.17. The molecular formula is C36H42F3N3O2. The van der Waals surface area contributed by atoms with Crippen LogP contribution in [0.3, 0.4) is 0 Å². The standard InChI is InChI=1S/C36H42F3N3O2/c1-26(24-27(2)43)29-16-22-42(23-17-29)35(44)41-20-3-6-28(15-21-41)9-10-31-11-13-32(36(37,38)39)25-34(31)30-7-4-18-40-19-5-8-33(40)14-12-30/h7,9,11,13,16,22-23,25,33H,1,3-6,8,10,12,14-15,18-21,24H2,2H3/b28-9-,30-7-/t33-/m0/s1. The van der Waals surface area contributed by atoms with Crippen molar-refractivity contribution >= 4 is 17.4 Å². The summed E-state index contributed by atoms with van der Waals surface area (Å²) in [6.07, 6.45) is 13.2. The van der Waals surface area contributed by atoms with Gasteiger partial charge in [-0.25, -0.2) is 4.79 Å². The van der Waals surface area contributed by atoms with E-state index in [4.69, 9.17) is 0 Å². The highest BCUT2D eigenvalue weighted by Crippen LogP contribution is 2.36. The zero-order valence-electron chi connectivity index (χ0n) is 25.6. The number of likely N-dealkylation sites (tertiary alicyclic amines) is 1. The van der Waals surface area contributed by atoms with Crippen molar-refractivity contribution < 1.29 is 22.8 Å². The van der Waals surface area contributed by atoms with Gasteiger partial charge in [-0.05, 0) is 112 Å². The molecule has 0 bridgehead atoms. The molecule has 0 N–H and O–H groups in total. The van der Waals surface area contributed by atoms with Crippen LogP contribution in [0.1, 0.15) is 81.4 Å². The second-order valence-corrected chi connectivity index (χ2v) is 12.3. The maximum atomic E-state index is 13.7. The molecule has 2 fully saturated rings. The van der Waals surface area contributed by atoms with Crippen LogP contribution in [0.25, 0.3) is 5.57 Å². The number of nitrogens with zero attached hydrogens (tertiary/aromatic N) is 3. The van der Waals surface area contributed by atoms with E-state index in [1.807, 2.05) is 4.90 Å². The van der Waals surface area contributed by atoms with E-state index in [0.717, 1.165) is 68.3 Å². The Bertz CT molecular complexity index is 1440. The Kier molecular flexibility index (Phi) is 10.1. The molecule has 234 valence electrons. The smallest absolute Gasteiger partial charge is 0.324 e. The molecule has 4 aliphatic rings. The van der Waals surface area contributed by atoms with Gasteiger partial charge in [-0.2, -0.15) is 13.2 Å². The number of fused-ring (bicyclic) bond motifs is 1. The predicted molar refractivity (Wildman–Crippen MR) is 167 cm³/mol. The molecule has 2 saturated heterocycles. The summed E-state index contributed by atoms with van der Waals surface area (Å²) in [5.74, 6) is 0.0245. The second-order valence-electron chi connectivity index (χ2n) is 12.3. The molecule has 4 heterocycles. The fraction of sp³-hybridized carbons (Fsp3) is 0.472. The molecule has 0 spiro atoms. The van der Waals surface area contributed by atoms with Gasteiger partial charge in [0.25, 0.3) is 0 Å². The van der Waals surface area contributed by atoms with Crippen LogP contribution in [0.4, 0.5) is 18.0 Å². The minimum absolute atomic E-state index is 0.0245. The highest BCUT2D eigenvalue weighted by Gasteiger charge is 2.32. The van der Waals surface area contributed by atoms with Crippen molar-refractivity contribution in [1.29, 1.82) is 0 Å². The van der Waals surface area contributed by atoms with Gasteiger partial charge in [-0.3, -0.25) is 9.69 Å². The lowest BCUT2D eigenvalue weighted by atomic mass is 9.89. The molecule has 4 aliphatic heterocycles. The Morgan fingerprint density at radius 2 is 1.91 bits per heavy atom. The molecule has 2 amide bonds. The topological polar surface area (TPSA) is 43.9 Å². The SMILES string of the molecule is C=C(CC(C)=O)C1=C=CN(C(=O)N2CCC/C(=C/Cc3ccc(C(F)(F)F)cc3/C3=C\CCN4CCC[C@H]4CC3)CC2)C=C1. The number of amides is 2. The van der Waals surface area contributed by atoms with E-state index < -0.39 is 11.7 Å². The van der Waals surface area contributed by atoms with Gasteiger partial charge >= 0.3 is 12.2 Å². The number of urea groups is 1. The fourth-order valence-corrected chi connectivity index (χ4v) is 6.76. The summed E-state index contributed by atoms with van der Waals surface area (Å²) in [4.78, 5) is 30.5. The number of Topliss-reactive ketones (excluding diaryl/α,β-unsaturated/α-hetero) is 1. The minimum atomic E-state index is -4.38. The van der Waals surface area contributed by atoms with Gasteiger partial charge in [0.2, 0.25) is 0 Å². The summed E-state index contributed by atoms with van der Waals surface area (Å²) in [5.41, 5.74) is 7.78. The Labute approximate surface area is 258 Å². The van der Waals surface area contributed by atoms with Crippen LogP contribution < -0.4 is 0 Å². The van der Waals surface area contributed by atoms with E-state index >= 15 is 0 Å². The van der Waals surface area contributed by atoms with Crippen LogP contribution in [0, 0.1) is 0 Å². The number of allylic oxidation sites excluding steroid dienone is 5. The van der Waals surface area contributed by atoms with Crippen molar-refractivity contribution in [3.8, 4) is 0 Å². The third-order valence-corrected chi connectivity index (χ3v) is 9.17. The largest absolute Gasteiger partial charge is 0.416 e. The average molecular weight is 606 g/mol. The van der Waals surface area contributed by atoms with E-state index in [0.29, 0.717) is 36.7 Å². The molecule has 0 radical (unpaired) electrons. The van der Waals surface area contributed by atoms with Crippen LogP contribution in [0.2, 0.25) is 0 Å². The summed E-state index contributed by atoms with van der Waals surface area (Å²) < 4.78 is 41.2. The lowest BCUT2D eigenvalue weighted by Gasteiger charge is -2.27. The van der Waals surface area contributed by atoms with Crippen LogP contribution in [-0.4, -0.2) is 58.7 Å². The number of carbonyl (C=O) groups excluding carboxylic acids is 2. The third kappa shape index (κ3) is 7.91. The highest BCUT2D eigenvalue weighted by molar-refractivity contribution is 5.80. The van der Waals surface area contributed by atoms with Crippen molar-refractivity contribution in [2.75, 3.05) is 26.2 Å². The quantitative estimate of drug-likeness (QED) is 0.243. The molecule has 0 aliphatic carbocycles. The van der Waals surface area contributed by atoms with Crippen LogP contribution in [-0.2, 0) is 17.4 Å². The molecule has 0 aromatic heterocycles. The Hall–Kier alpha value is -3.61. The van der Waals surface area contributed by atoms with Gasteiger partial charge < -0.3 is 9.80 Å². The molecule has 5 nitrogen and oxygen atoms in total. The molecule has 5 rings (SSSR count). The lowest BCUT2D eigenvalue weighted by molar-refractivity contribution is -0.137. The van der Waals surface area contributed by atoms with Gasteiger partial charge in [0.15, 0.2) is 0 Å². The highest BCUT2D eigenvalue weighted by atomic mass is 19.4. The molecule has 0 saturated carbocycles. The van der Waals surface area contributed by atoms with Gasteiger partial charge in [0, 0.05) is 43.9 Å². The number of carbonyl (C=O) groups is 2. The first-order valence-corrected chi connectivity index (χ1v) is 15.8. The van der Waals surface area contributed by atoms with Crippen molar-refractivity contribution in [2.45, 2.75) is 83.4 Å². The van der Waals surface area contributed by atoms with Crippen LogP contribution >= 0.6 is 0 Å². The number of benzene rings is 1. The van der Waals surface area contributed by atoms with Gasteiger partial charge in [0.05, 0.1) is 11.8 Å². The number of rotatable bonds is 6. The van der Waals surface area contributed by atoms with Gasteiger partial charge in [-0.1, -0.05) is 36.1 Å². The molecule has 0 unspecified atom stereocenters. The Morgan fingerprint density at radius 3 is 2.66 bits per heavy atom. The molecule has 1 atom stereocenters. The zero-order chi connectivity index (χ0) is 31.3. The average Bonchev–Trinajstić information content (AvgIpc) is 3.27. The summed E-state index contributed by atoms with van der Waals surface area (Å²) in [6.45, 7) is 8.74. The normalized spacial score (nSPS) is 23.4. The number of alkyl halides is 3. The lowest BCUT2D eigenvalue weighted by Crippen LogP contribution is -2.39. The van der Waals surface area contributed by atoms with Crippen LogP contribution in [0.5, 0.6) is 0 Å². The first-order valence-electron chi connectivity index (χ1n) is 15.8. The van der Waals surface area contributed by atoms with E-state index in [1.54, 1.807) is 24.5 Å². The van der Waals surface area contributed by atoms with Crippen molar-refractivity contribution in [1.82, 2.24) is 14.7 Å². The molecule has 1 aromatic rings. The Balaban J connectivity index is 1.26. The van der Waals surface area contributed by atoms with E-state index in [-0.39, 0.29) is 18.2 Å². The summed E-state index contributed by atoms with van der Waals surface area (Å²) >= 11 is 0. The van der Waals surface area contributed by atoms with E-state index in [1.165, 1.54) is 42.4 Å². The van der Waals surface area contributed by atoms with Gasteiger partial charge in [-0.15, -0.1) is 0 Å². The van der Waals surface area contributed by atoms with Crippen molar-refractivity contribution in [3.05, 3.63) is 94.5 Å². The monoisotopic (exact) mass is 605 g/mol. The van der Waals surface area contributed by atoms with Gasteiger partial charge in [0.1, 0.15) is 5.78 Å². The fourth-order valence-electron chi connectivity index (χ4n) is 6.76. The summed E-state index contributed by atoms with van der Waals surface area (Å²) in [6, 6.07) is 4.63. The van der Waals surface area contributed by atoms with E-state index in [2.05, 4.69) is 29.4 Å². The Morgan fingerprint density at radius 1 is 1.07 bits per heavy atom. The maximum Gasteiger partial charge on any atom is 0.416 e. The first kappa shape index (κ1) is 31.8. The molecule has 1 aromatic carbocycles. The van der Waals surface area contributed by atoms with Crippen molar-refractivity contribution in [2.24, 2.45) is 0 Å². The van der Waals surface area contributed by atoms with E-state index in [9.17, 15) is 22.8 Å². The molecule has 8 heteroatoms. The van der Waals surface area contributed by atoms with Crippen molar-refractivity contribution in [3.63, 3.8) is 0 Å². The number of hydrogen-bond donors (Lipinski definition) is 0. The second kappa shape index (κ2) is 14.0. The summed E-state index contributed by atoms with van der Waals surface area (Å²) in [5, 5.41) is 0. The number of hydrogen-bond acceptors (Lipinski definition) is 3. The maximum absolute atomic E-state index is 13.7. The first-order chi connectivity index (χ1) is 21.1. The minimum Gasteiger partial charge on any atom is -0.324 e. The molecular weight excluding hydrogens is 563 g/mol. The predicted octanol–water partition coefficient (Wildman–Crippen LogP) is 8.22. The summed E-state index contributed by atoms with van der Waals surface area (Å²) in [7, 11) is 0. The number of halogens is 3. The number of ketones is 1. The molecule has 44 heavy (non-hydrogen) atoms. The van der Waals surface area contributed by atoms with Crippen LogP contribution in [0.15, 0.2) is 77.9 Å².